The Morgan fingerprint density at radius 3 is 2.38 bits per heavy atom. The monoisotopic (exact) mass is 478 g/mol. The standard InChI is InChI=1S/C20H23ClN6O4S/c1-11(2)17(29)24-23-14(28)10-32-19-22-16-15(18(30)26(4)20(31)25(16)3)27(19)9-12-5-7-13(21)8-6-12/h5-8,11H,9-10H2,1-4H3,(H,23,28)(H,24,29). The van der Waals surface area contributed by atoms with Crippen LogP contribution < -0.4 is 22.1 Å². The molecule has 32 heavy (non-hydrogen) atoms. The van der Waals surface area contributed by atoms with Crippen molar-refractivity contribution in [1.29, 1.82) is 0 Å². The Morgan fingerprint density at radius 2 is 1.75 bits per heavy atom. The fraction of sp³-hybridized carbons (Fsp3) is 0.350. The molecule has 170 valence electrons. The molecule has 0 bridgehead atoms. The lowest BCUT2D eigenvalue weighted by Crippen LogP contribution is -2.44. The van der Waals surface area contributed by atoms with Gasteiger partial charge < -0.3 is 4.57 Å². The summed E-state index contributed by atoms with van der Waals surface area (Å²) in [5.41, 5.74) is 5.06. The van der Waals surface area contributed by atoms with E-state index in [9.17, 15) is 19.2 Å². The minimum absolute atomic E-state index is 0.0590. The lowest BCUT2D eigenvalue weighted by atomic mass is 10.2. The van der Waals surface area contributed by atoms with Gasteiger partial charge in [0.05, 0.1) is 12.3 Å². The summed E-state index contributed by atoms with van der Waals surface area (Å²) < 4.78 is 3.98. The van der Waals surface area contributed by atoms with E-state index in [1.807, 2.05) is 12.1 Å². The van der Waals surface area contributed by atoms with Crippen LogP contribution in [0.2, 0.25) is 5.02 Å². The summed E-state index contributed by atoms with van der Waals surface area (Å²) in [6.45, 7) is 3.70. The van der Waals surface area contributed by atoms with Gasteiger partial charge in [0.25, 0.3) is 5.56 Å². The second kappa shape index (κ2) is 9.61. The van der Waals surface area contributed by atoms with Crippen LogP contribution in [0.4, 0.5) is 0 Å². The van der Waals surface area contributed by atoms with E-state index in [0.717, 1.165) is 21.9 Å². The van der Waals surface area contributed by atoms with Crippen LogP contribution in [0.3, 0.4) is 0 Å². The van der Waals surface area contributed by atoms with E-state index in [2.05, 4.69) is 15.8 Å². The molecule has 10 nitrogen and oxygen atoms in total. The number of nitrogens with one attached hydrogen (secondary N) is 2. The number of carbonyl (C=O) groups is 2. The zero-order valence-corrected chi connectivity index (χ0v) is 19.6. The highest BCUT2D eigenvalue weighted by Crippen LogP contribution is 2.23. The van der Waals surface area contributed by atoms with Crippen LogP contribution in [-0.4, -0.2) is 36.3 Å². The van der Waals surface area contributed by atoms with Crippen LogP contribution in [0.5, 0.6) is 0 Å². The largest absolute Gasteiger partial charge is 0.332 e. The molecule has 0 fully saturated rings. The van der Waals surface area contributed by atoms with Crippen LogP contribution in [0.1, 0.15) is 19.4 Å². The molecule has 0 aliphatic heterocycles. The number of thioether (sulfide) groups is 1. The number of imidazole rings is 1. The molecule has 0 aliphatic carbocycles. The van der Waals surface area contributed by atoms with E-state index in [1.54, 1.807) is 30.5 Å². The van der Waals surface area contributed by atoms with Gasteiger partial charge in [-0.05, 0) is 17.7 Å². The lowest BCUT2D eigenvalue weighted by molar-refractivity contribution is -0.129. The molecule has 0 aliphatic rings. The smallest absolute Gasteiger partial charge is 0.309 e. The molecule has 3 aromatic rings. The zero-order chi connectivity index (χ0) is 23.6. The van der Waals surface area contributed by atoms with Crippen LogP contribution in [0.15, 0.2) is 39.0 Å². The van der Waals surface area contributed by atoms with Gasteiger partial charge in [0.2, 0.25) is 11.8 Å². The number of nitrogens with zero attached hydrogens (tertiary/aromatic N) is 4. The van der Waals surface area contributed by atoms with Crippen molar-refractivity contribution in [1.82, 2.24) is 29.5 Å². The van der Waals surface area contributed by atoms with Crippen molar-refractivity contribution < 1.29 is 9.59 Å². The Labute approximate surface area is 192 Å². The SMILES string of the molecule is CC(C)C(=O)NNC(=O)CSc1nc2c(c(=O)n(C)c(=O)n2C)n1Cc1ccc(Cl)cc1. The molecule has 0 atom stereocenters. The second-order valence-corrected chi connectivity index (χ2v) is 8.84. The number of carbonyl (C=O) groups excluding carboxylic acids is 2. The maximum Gasteiger partial charge on any atom is 0.332 e. The summed E-state index contributed by atoms with van der Waals surface area (Å²) in [5, 5.41) is 0.968. The Bertz CT molecular complexity index is 1290. The summed E-state index contributed by atoms with van der Waals surface area (Å²) in [6, 6.07) is 7.12. The van der Waals surface area contributed by atoms with Crippen molar-refractivity contribution in [2.75, 3.05) is 5.75 Å². The third-order valence-corrected chi connectivity index (χ3v) is 5.98. The Morgan fingerprint density at radius 1 is 1.09 bits per heavy atom. The van der Waals surface area contributed by atoms with Crippen LogP contribution in [-0.2, 0) is 30.2 Å². The number of aromatic nitrogens is 4. The third-order valence-electron chi connectivity index (χ3n) is 4.75. The van der Waals surface area contributed by atoms with E-state index in [-0.39, 0.29) is 35.3 Å². The maximum absolute atomic E-state index is 12.9. The summed E-state index contributed by atoms with van der Waals surface area (Å²) in [6.07, 6.45) is 0. The number of aryl methyl sites for hydroxylation is 1. The zero-order valence-electron chi connectivity index (χ0n) is 18.0. The van der Waals surface area contributed by atoms with Gasteiger partial charge in [0.15, 0.2) is 16.3 Å². The molecular formula is C20H23ClN6O4S. The summed E-state index contributed by atoms with van der Waals surface area (Å²) >= 11 is 7.06. The molecule has 0 saturated carbocycles. The van der Waals surface area contributed by atoms with Crippen molar-refractivity contribution in [3.8, 4) is 0 Å². The minimum Gasteiger partial charge on any atom is -0.309 e. The second-order valence-electron chi connectivity index (χ2n) is 7.47. The third kappa shape index (κ3) is 4.89. The quantitative estimate of drug-likeness (QED) is 0.403. The highest BCUT2D eigenvalue weighted by atomic mass is 35.5. The van der Waals surface area contributed by atoms with E-state index < -0.39 is 17.2 Å². The Balaban J connectivity index is 1.96. The van der Waals surface area contributed by atoms with Crippen LogP contribution in [0, 0.1) is 5.92 Å². The predicted octanol–water partition coefficient (Wildman–Crippen LogP) is 1.03. The average molecular weight is 479 g/mol. The van der Waals surface area contributed by atoms with Crippen LogP contribution >= 0.6 is 23.4 Å². The van der Waals surface area contributed by atoms with E-state index in [1.165, 1.54) is 18.7 Å². The summed E-state index contributed by atoms with van der Waals surface area (Å²) in [5.74, 6) is -1.08. The molecule has 2 aromatic heterocycles. The van der Waals surface area contributed by atoms with Crippen molar-refractivity contribution in [3.63, 3.8) is 0 Å². The van der Waals surface area contributed by atoms with Gasteiger partial charge in [-0.1, -0.05) is 49.3 Å². The number of amides is 2. The number of hydrogen-bond acceptors (Lipinski definition) is 6. The fourth-order valence-corrected chi connectivity index (χ4v) is 3.82. The molecule has 3 rings (SSSR count). The number of hydrogen-bond donors (Lipinski definition) is 2. The van der Waals surface area contributed by atoms with Crippen molar-refractivity contribution in [3.05, 3.63) is 55.7 Å². The molecule has 2 heterocycles. The first-order valence-electron chi connectivity index (χ1n) is 9.72. The summed E-state index contributed by atoms with van der Waals surface area (Å²) in [4.78, 5) is 53.5. The van der Waals surface area contributed by atoms with Gasteiger partial charge in [0, 0.05) is 25.0 Å². The molecule has 0 spiro atoms. The van der Waals surface area contributed by atoms with E-state index >= 15 is 0 Å². The van der Waals surface area contributed by atoms with E-state index in [4.69, 9.17) is 11.6 Å². The molecule has 2 N–H and O–H groups in total. The average Bonchev–Trinajstić information content (AvgIpc) is 3.12. The maximum atomic E-state index is 12.9. The topological polar surface area (TPSA) is 120 Å². The van der Waals surface area contributed by atoms with Gasteiger partial charge >= 0.3 is 5.69 Å². The molecule has 0 saturated heterocycles. The van der Waals surface area contributed by atoms with Crippen molar-refractivity contribution in [2.24, 2.45) is 20.0 Å². The first-order valence-corrected chi connectivity index (χ1v) is 11.1. The van der Waals surface area contributed by atoms with Crippen molar-refractivity contribution in [2.45, 2.75) is 25.5 Å². The van der Waals surface area contributed by atoms with Gasteiger partial charge in [-0.2, -0.15) is 0 Å². The van der Waals surface area contributed by atoms with Gasteiger partial charge in [-0.15, -0.1) is 0 Å². The predicted molar refractivity (Wildman–Crippen MR) is 123 cm³/mol. The van der Waals surface area contributed by atoms with Crippen LogP contribution in [0.25, 0.3) is 11.2 Å². The molecule has 0 radical (unpaired) electrons. The number of halogens is 1. The number of benzene rings is 1. The highest BCUT2D eigenvalue weighted by Gasteiger charge is 2.20. The molecule has 1 aromatic carbocycles. The minimum atomic E-state index is -0.496. The normalized spacial score (nSPS) is 11.2. The van der Waals surface area contributed by atoms with Gasteiger partial charge in [-0.25, -0.2) is 9.78 Å². The molecular weight excluding hydrogens is 456 g/mol. The first-order chi connectivity index (χ1) is 15.1. The molecule has 12 heteroatoms. The summed E-state index contributed by atoms with van der Waals surface area (Å²) in [7, 11) is 2.94. The number of fused-ring (bicyclic) bond motifs is 1. The van der Waals surface area contributed by atoms with E-state index in [0.29, 0.717) is 10.2 Å². The first kappa shape index (κ1) is 23.6. The number of hydrazine groups is 1. The Kier molecular flexibility index (Phi) is 7.09. The Hall–Kier alpha value is -3.05. The van der Waals surface area contributed by atoms with Gasteiger partial charge in [-0.3, -0.25) is 34.4 Å². The lowest BCUT2D eigenvalue weighted by Gasteiger charge is -2.11. The fourth-order valence-electron chi connectivity index (χ4n) is 2.90. The van der Waals surface area contributed by atoms with Crippen molar-refractivity contribution >= 4 is 46.3 Å². The molecule has 0 unspecified atom stereocenters. The number of rotatable bonds is 6. The molecule has 2 amide bonds. The van der Waals surface area contributed by atoms with Gasteiger partial charge in [0.1, 0.15) is 0 Å². The highest BCUT2D eigenvalue weighted by molar-refractivity contribution is 7.99.